The molecule has 0 radical (unpaired) electrons. The molecule has 0 atom stereocenters. The maximum Gasteiger partial charge on any atom is 0.225 e. The molecule has 0 unspecified atom stereocenters. The molecule has 178 valence electrons. The maximum atomic E-state index is 13.2. The van der Waals surface area contributed by atoms with E-state index in [1.807, 2.05) is 11.0 Å². The van der Waals surface area contributed by atoms with Crippen LogP contribution in [0.25, 0.3) is 11.2 Å². The van der Waals surface area contributed by atoms with Crippen molar-refractivity contribution in [3.8, 4) is 0 Å². The minimum absolute atomic E-state index is 0.0758. The Bertz CT molecular complexity index is 1150. The van der Waals surface area contributed by atoms with Crippen LogP contribution in [0.2, 0.25) is 0 Å². The summed E-state index contributed by atoms with van der Waals surface area (Å²) in [4.78, 5) is 42.5. The van der Waals surface area contributed by atoms with Crippen molar-refractivity contribution in [1.29, 1.82) is 0 Å². The van der Waals surface area contributed by atoms with Gasteiger partial charge in [0.05, 0.1) is 0 Å². The van der Waals surface area contributed by atoms with Crippen molar-refractivity contribution < 1.29 is 4.79 Å². The number of hydrogen-bond acceptors (Lipinski definition) is 8. The standard InChI is InChI=1S/C24H31N9O/c34-23(31-13-15-32(16-14-31)24-25-8-4-9-26-24)18-6-11-30(12-7-18)21-20-22(28-17-27-21)33-10-3-1-2-5-19(33)29-20/h4,8-9,17-18H,1-3,5-7,10-16H2. The summed E-state index contributed by atoms with van der Waals surface area (Å²) in [6.07, 6.45) is 11.5. The summed E-state index contributed by atoms with van der Waals surface area (Å²) in [5, 5.41) is 0. The van der Waals surface area contributed by atoms with Crippen molar-refractivity contribution in [1.82, 2.24) is 34.4 Å². The second-order valence-electron chi connectivity index (χ2n) is 9.48. The van der Waals surface area contributed by atoms with E-state index in [9.17, 15) is 4.79 Å². The van der Waals surface area contributed by atoms with E-state index >= 15 is 0 Å². The van der Waals surface area contributed by atoms with Crippen LogP contribution in [0.4, 0.5) is 11.8 Å². The molecular weight excluding hydrogens is 430 g/mol. The van der Waals surface area contributed by atoms with Crippen LogP contribution in [0.15, 0.2) is 24.8 Å². The first kappa shape index (κ1) is 21.2. The number of fused-ring (bicyclic) bond motifs is 3. The lowest BCUT2D eigenvalue weighted by molar-refractivity contribution is -0.136. The van der Waals surface area contributed by atoms with Crippen molar-refractivity contribution in [2.75, 3.05) is 49.1 Å². The third-order valence-corrected chi connectivity index (χ3v) is 7.44. The summed E-state index contributed by atoms with van der Waals surface area (Å²) in [5.74, 6) is 3.17. The molecule has 3 aliphatic heterocycles. The van der Waals surface area contributed by atoms with E-state index in [1.54, 1.807) is 18.7 Å². The number of carbonyl (C=O) groups excluding carboxylic acids is 1. The summed E-state index contributed by atoms with van der Waals surface area (Å²) in [7, 11) is 0. The van der Waals surface area contributed by atoms with Crippen molar-refractivity contribution in [3.63, 3.8) is 0 Å². The molecule has 3 aromatic rings. The predicted molar refractivity (Wildman–Crippen MR) is 129 cm³/mol. The first-order valence-corrected chi connectivity index (χ1v) is 12.5. The largest absolute Gasteiger partial charge is 0.355 e. The molecule has 0 saturated carbocycles. The zero-order valence-corrected chi connectivity index (χ0v) is 19.5. The molecule has 0 spiro atoms. The summed E-state index contributed by atoms with van der Waals surface area (Å²) in [5.41, 5.74) is 1.88. The topological polar surface area (TPSA) is 96.2 Å². The smallest absolute Gasteiger partial charge is 0.225 e. The molecule has 1 amide bonds. The van der Waals surface area contributed by atoms with Gasteiger partial charge in [0, 0.05) is 70.5 Å². The maximum absolute atomic E-state index is 13.2. The third-order valence-electron chi connectivity index (χ3n) is 7.44. The highest BCUT2D eigenvalue weighted by atomic mass is 16.2. The van der Waals surface area contributed by atoms with Gasteiger partial charge in [-0.15, -0.1) is 0 Å². The van der Waals surface area contributed by atoms with E-state index in [2.05, 4.69) is 34.3 Å². The molecule has 34 heavy (non-hydrogen) atoms. The number of imidazole rings is 1. The average Bonchev–Trinajstić information content (AvgIpc) is 3.09. The molecule has 6 heterocycles. The normalized spacial score (nSPS) is 19.8. The Morgan fingerprint density at radius 1 is 0.824 bits per heavy atom. The van der Waals surface area contributed by atoms with Crippen LogP contribution in [0.1, 0.15) is 37.9 Å². The molecule has 3 aromatic heterocycles. The molecule has 0 N–H and O–H groups in total. The first-order chi connectivity index (χ1) is 16.8. The van der Waals surface area contributed by atoms with Crippen LogP contribution in [-0.2, 0) is 17.8 Å². The number of nitrogens with zero attached hydrogens (tertiary/aromatic N) is 9. The first-order valence-electron chi connectivity index (χ1n) is 12.5. The zero-order chi connectivity index (χ0) is 22.9. The minimum atomic E-state index is 0.0758. The number of amides is 1. The van der Waals surface area contributed by atoms with Gasteiger partial charge in [-0.1, -0.05) is 6.42 Å². The average molecular weight is 462 g/mol. The molecule has 0 aliphatic carbocycles. The Hall–Kier alpha value is -3.30. The van der Waals surface area contributed by atoms with Crippen LogP contribution in [0.5, 0.6) is 0 Å². The van der Waals surface area contributed by atoms with E-state index in [0.717, 1.165) is 93.8 Å². The number of piperidine rings is 1. The number of anilines is 2. The third kappa shape index (κ3) is 3.95. The molecule has 6 rings (SSSR count). The summed E-state index contributed by atoms with van der Waals surface area (Å²) in [6, 6.07) is 1.82. The second-order valence-corrected chi connectivity index (χ2v) is 9.48. The summed E-state index contributed by atoms with van der Waals surface area (Å²) in [6.45, 7) is 5.64. The number of hydrogen-bond donors (Lipinski definition) is 0. The highest BCUT2D eigenvalue weighted by molar-refractivity contribution is 5.84. The number of piperazine rings is 1. The predicted octanol–water partition coefficient (Wildman–Crippen LogP) is 1.91. The minimum Gasteiger partial charge on any atom is -0.355 e. The molecule has 0 aromatic carbocycles. The van der Waals surface area contributed by atoms with Gasteiger partial charge in [-0.25, -0.2) is 24.9 Å². The Labute approximate surface area is 199 Å². The van der Waals surface area contributed by atoms with E-state index in [4.69, 9.17) is 4.98 Å². The lowest BCUT2D eigenvalue weighted by Gasteiger charge is -2.38. The van der Waals surface area contributed by atoms with Crippen molar-refractivity contribution in [2.45, 2.75) is 45.1 Å². The van der Waals surface area contributed by atoms with Crippen LogP contribution < -0.4 is 9.80 Å². The Kier molecular flexibility index (Phi) is 5.72. The molecule has 2 fully saturated rings. The molecule has 2 saturated heterocycles. The number of carbonyl (C=O) groups is 1. The number of aryl methyl sites for hydroxylation is 2. The van der Waals surface area contributed by atoms with Crippen LogP contribution in [0, 0.1) is 5.92 Å². The fourth-order valence-electron chi connectivity index (χ4n) is 5.53. The highest BCUT2D eigenvalue weighted by Gasteiger charge is 2.32. The number of rotatable bonds is 3. The summed E-state index contributed by atoms with van der Waals surface area (Å²) < 4.78 is 2.28. The molecule has 10 nitrogen and oxygen atoms in total. The van der Waals surface area contributed by atoms with Gasteiger partial charge in [0.25, 0.3) is 0 Å². The van der Waals surface area contributed by atoms with E-state index in [-0.39, 0.29) is 11.8 Å². The van der Waals surface area contributed by atoms with Gasteiger partial charge in [0.2, 0.25) is 11.9 Å². The Balaban J connectivity index is 1.09. The molecule has 10 heteroatoms. The SMILES string of the molecule is O=C(C1CCN(c2ncnc3c2nc2n3CCCCC2)CC1)N1CCN(c2ncccn2)CC1. The van der Waals surface area contributed by atoms with Gasteiger partial charge in [-0.3, -0.25) is 4.79 Å². The molecule has 0 bridgehead atoms. The van der Waals surface area contributed by atoms with Crippen LogP contribution in [-0.4, -0.2) is 79.6 Å². The van der Waals surface area contributed by atoms with E-state index < -0.39 is 0 Å². The van der Waals surface area contributed by atoms with Gasteiger partial charge in [-0.2, -0.15) is 0 Å². The zero-order valence-electron chi connectivity index (χ0n) is 19.5. The van der Waals surface area contributed by atoms with Crippen LogP contribution in [0.3, 0.4) is 0 Å². The van der Waals surface area contributed by atoms with E-state index in [0.29, 0.717) is 0 Å². The van der Waals surface area contributed by atoms with E-state index in [1.165, 1.54) is 19.3 Å². The Morgan fingerprint density at radius 3 is 2.41 bits per heavy atom. The fourth-order valence-corrected chi connectivity index (χ4v) is 5.53. The summed E-state index contributed by atoms with van der Waals surface area (Å²) >= 11 is 0. The van der Waals surface area contributed by atoms with Gasteiger partial charge in [0.1, 0.15) is 12.2 Å². The Morgan fingerprint density at radius 2 is 1.62 bits per heavy atom. The fraction of sp³-hybridized carbons (Fsp3) is 0.583. The van der Waals surface area contributed by atoms with Crippen LogP contribution >= 0.6 is 0 Å². The van der Waals surface area contributed by atoms with Crippen molar-refractivity contribution in [3.05, 3.63) is 30.6 Å². The quantitative estimate of drug-likeness (QED) is 0.584. The monoisotopic (exact) mass is 461 g/mol. The van der Waals surface area contributed by atoms with Gasteiger partial charge in [-0.05, 0) is 31.7 Å². The van der Waals surface area contributed by atoms with Gasteiger partial charge < -0.3 is 19.3 Å². The van der Waals surface area contributed by atoms with Crippen molar-refractivity contribution in [2.24, 2.45) is 5.92 Å². The molecular formula is C24H31N9O. The molecule has 3 aliphatic rings. The van der Waals surface area contributed by atoms with Gasteiger partial charge in [0.15, 0.2) is 17.0 Å². The number of aromatic nitrogens is 6. The highest BCUT2D eigenvalue weighted by Crippen LogP contribution is 2.30. The lowest BCUT2D eigenvalue weighted by atomic mass is 9.95. The van der Waals surface area contributed by atoms with Gasteiger partial charge >= 0.3 is 0 Å². The lowest BCUT2D eigenvalue weighted by Crippen LogP contribution is -2.52. The van der Waals surface area contributed by atoms with Crippen molar-refractivity contribution >= 4 is 28.8 Å². The second kappa shape index (κ2) is 9.15.